The molecule has 2 aromatic rings. The lowest BCUT2D eigenvalue weighted by Crippen LogP contribution is -2.06. The van der Waals surface area contributed by atoms with Gasteiger partial charge in [-0.15, -0.1) is 0 Å². The maximum atomic E-state index is 13.4. The van der Waals surface area contributed by atoms with E-state index in [0.29, 0.717) is 4.47 Å². The molecule has 0 aliphatic rings. The smallest absolute Gasteiger partial charge is 0.253 e. The van der Waals surface area contributed by atoms with Crippen LogP contribution >= 0.6 is 27.5 Å². The third-order valence-corrected chi connectivity index (χ3v) is 3.11. The number of pyridine rings is 1. The van der Waals surface area contributed by atoms with Gasteiger partial charge in [0.15, 0.2) is 0 Å². The molecule has 0 fully saturated rings. The van der Waals surface area contributed by atoms with Gasteiger partial charge in [0, 0.05) is 9.50 Å². The molecule has 100 valence electrons. The zero-order valence-corrected chi connectivity index (χ0v) is 11.3. The molecule has 2 rings (SSSR count). The molecule has 0 saturated heterocycles. The Balaban J connectivity index is 2.52. The molecule has 1 N–H and O–H groups in total. The Labute approximate surface area is 118 Å². The van der Waals surface area contributed by atoms with Gasteiger partial charge < -0.3 is 5.32 Å². The minimum atomic E-state index is -1.74. The van der Waals surface area contributed by atoms with E-state index < -0.39 is 29.2 Å². The Morgan fingerprint density at radius 3 is 2.21 bits per heavy atom. The quantitative estimate of drug-likeness (QED) is 0.618. The number of hydrogen-bond acceptors (Lipinski definition) is 2. The maximum Gasteiger partial charge on any atom is 0.253 e. The van der Waals surface area contributed by atoms with Crippen LogP contribution in [0, 0.1) is 23.5 Å². The van der Waals surface area contributed by atoms with Crippen LogP contribution in [-0.4, -0.2) is 4.98 Å². The van der Waals surface area contributed by atoms with Gasteiger partial charge in [-0.05, 0) is 34.1 Å². The van der Waals surface area contributed by atoms with Crippen LogP contribution in [0.1, 0.15) is 0 Å². The van der Waals surface area contributed by atoms with Crippen molar-refractivity contribution in [3.63, 3.8) is 0 Å². The number of aromatic nitrogens is 1. The maximum absolute atomic E-state index is 13.4. The van der Waals surface area contributed by atoms with Crippen molar-refractivity contribution in [2.45, 2.75) is 0 Å². The van der Waals surface area contributed by atoms with Gasteiger partial charge in [0.05, 0.1) is 5.69 Å². The average Bonchev–Trinajstić information content (AvgIpc) is 2.36. The summed E-state index contributed by atoms with van der Waals surface area (Å²) < 4.78 is 53.1. The molecule has 8 heteroatoms. The van der Waals surface area contributed by atoms with E-state index in [1.807, 2.05) is 0 Å². The topological polar surface area (TPSA) is 24.9 Å². The number of nitrogens with zero attached hydrogens (tertiary/aromatic N) is 1. The second-order valence-electron chi connectivity index (χ2n) is 3.45. The Kier molecular flexibility index (Phi) is 3.96. The fraction of sp³-hybridized carbons (Fsp3) is 0. The molecule has 19 heavy (non-hydrogen) atoms. The van der Waals surface area contributed by atoms with Crippen LogP contribution in [0.5, 0.6) is 0 Å². The second-order valence-corrected chi connectivity index (χ2v) is 4.74. The molecule has 0 atom stereocenters. The molecule has 2 nitrogen and oxygen atoms in total. The molecule has 0 amide bonds. The van der Waals surface area contributed by atoms with Gasteiger partial charge in [-0.1, -0.05) is 11.6 Å². The molecule has 0 radical (unpaired) electrons. The minimum absolute atomic E-state index is 0.148. The van der Waals surface area contributed by atoms with Gasteiger partial charge in [0.25, 0.3) is 11.9 Å². The van der Waals surface area contributed by atoms with E-state index in [4.69, 9.17) is 11.6 Å². The largest absolute Gasteiger partial charge is 0.349 e. The van der Waals surface area contributed by atoms with Crippen molar-refractivity contribution in [2.24, 2.45) is 0 Å². The number of rotatable bonds is 2. The van der Waals surface area contributed by atoms with Gasteiger partial charge in [0.2, 0.25) is 11.6 Å². The fourth-order valence-corrected chi connectivity index (χ4v) is 1.84. The van der Waals surface area contributed by atoms with Crippen LogP contribution in [0.15, 0.2) is 22.7 Å². The summed E-state index contributed by atoms with van der Waals surface area (Å²) in [5.41, 5.74) is -0.830. The van der Waals surface area contributed by atoms with E-state index in [-0.39, 0.29) is 10.7 Å². The summed E-state index contributed by atoms with van der Waals surface area (Å²) in [4.78, 5) is 2.45. The monoisotopic (exact) mass is 354 g/mol. The molecule has 1 aromatic heterocycles. The SMILES string of the molecule is Fc1nc(F)c(F)c(Nc2cc(Cl)ccc2Br)c1F. The van der Waals surface area contributed by atoms with Gasteiger partial charge in [-0.25, -0.2) is 0 Å². The summed E-state index contributed by atoms with van der Waals surface area (Å²) in [5, 5.41) is 2.51. The van der Waals surface area contributed by atoms with Crippen molar-refractivity contribution >= 4 is 38.9 Å². The van der Waals surface area contributed by atoms with Crippen molar-refractivity contribution < 1.29 is 17.6 Å². The van der Waals surface area contributed by atoms with E-state index >= 15 is 0 Å². The van der Waals surface area contributed by atoms with Crippen LogP contribution in [0.4, 0.5) is 28.9 Å². The lowest BCUT2D eigenvalue weighted by molar-refractivity contribution is 0.411. The lowest BCUT2D eigenvalue weighted by Gasteiger charge is -2.11. The standard InChI is InChI=1S/C11H4BrClF4N2/c12-5-2-1-4(13)3-6(5)18-9-7(14)10(16)19-11(17)8(9)15/h1-3H,(H,18,19). The third kappa shape index (κ3) is 2.82. The Morgan fingerprint density at radius 1 is 1.05 bits per heavy atom. The number of anilines is 2. The number of hydrogen-bond donors (Lipinski definition) is 1. The van der Waals surface area contributed by atoms with Crippen molar-refractivity contribution in [1.82, 2.24) is 4.98 Å². The first-order valence-electron chi connectivity index (χ1n) is 4.82. The fourth-order valence-electron chi connectivity index (χ4n) is 1.32. The number of nitrogens with one attached hydrogen (secondary N) is 1. The van der Waals surface area contributed by atoms with Crippen LogP contribution < -0.4 is 5.32 Å². The van der Waals surface area contributed by atoms with Crippen LogP contribution in [0.25, 0.3) is 0 Å². The van der Waals surface area contributed by atoms with Crippen molar-refractivity contribution in [1.29, 1.82) is 0 Å². The van der Waals surface area contributed by atoms with E-state index in [9.17, 15) is 17.6 Å². The Bertz CT molecular complexity index is 625. The highest BCUT2D eigenvalue weighted by molar-refractivity contribution is 9.10. The first-order valence-corrected chi connectivity index (χ1v) is 5.99. The number of halogens is 6. The molecule has 0 bridgehead atoms. The lowest BCUT2D eigenvalue weighted by atomic mass is 10.3. The first kappa shape index (κ1) is 14.1. The summed E-state index contributed by atoms with van der Waals surface area (Å²) in [6.45, 7) is 0. The minimum Gasteiger partial charge on any atom is -0.349 e. The van der Waals surface area contributed by atoms with Crippen LogP contribution in [0.2, 0.25) is 5.02 Å². The van der Waals surface area contributed by atoms with E-state index in [2.05, 4.69) is 26.2 Å². The first-order chi connectivity index (χ1) is 8.90. The van der Waals surface area contributed by atoms with E-state index in [1.165, 1.54) is 18.2 Å². The molecule has 0 spiro atoms. The van der Waals surface area contributed by atoms with Crippen molar-refractivity contribution in [3.8, 4) is 0 Å². The summed E-state index contributed by atoms with van der Waals surface area (Å²) in [7, 11) is 0. The van der Waals surface area contributed by atoms with Gasteiger partial charge in [0.1, 0.15) is 5.69 Å². The predicted molar refractivity (Wildman–Crippen MR) is 66.5 cm³/mol. The van der Waals surface area contributed by atoms with Crippen molar-refractivity contribution in [2.75, 3.05) is 5.32 Å². The average molecular weight is 356 g/mol. The van der Waals surface area contributed by atoms with Crippen LogP contribution in [0.3, 0.4) is 0 Å². The zero-order chi connectivity index (χ0) is 14.2. The second kappa shape index (κ2) is 5.34. The van der Waals surface area contributed by atoms with Gasteiger partial charge in [-0.2, -0.15) is 22.5 Å². The summed E-state index contributed by atoms with van der Waals surface area (Å²) in [6.07, 6.45) is 0. The Hall–Kier alpha value is -1.34. The highest BCUT2D eigenvalue weighted by Crippen LogP contribution is 2.31. The molecule has 1 aromatic carbocycles. The summed E-state index contributed by atoms with van der Waals surface area (Å²) >= 11 is 8.82. The molecule has 0 aliphatic heterocycles. The van der Waals surface area contributed by atoms with E-state index in [1.54, 1.807) is 0 Å². The molecular weight excluding hydrogens is 351 g/mol. The highest BCUT2D eigenvalue weighted by atomic mass is 79.9. The zero-order valence-electron chi connectivity index (χ0n) is 8.95. The Morgan fingerprint density at radius 2 is 1.63 bits per heavy atom. The number of benzene rings is 1. The highest BCUT2D eigenvalue weighted by Gasteiger charge is 2.21. The van der Waals surface area contributed by atoms with Crippen LogP contribution in [-0.2, 0) is 0 Å². The van der Waals surface area contributed by atoms with Gasteiger partial charge >= 0.3 is 0 Å². The summed E-state index contributed by atoms with van der Waals surface area (Å²) in [6, 6.07) is 4.37. The van der Waals surface area contributed by atoms with E-state index in [0.717, 1.165) is 0 Å². The van der Waals surface area contributed by atoms with Crippen molar-refractivity contribution in [3.05, 3.63) is 51.2 Å². The molecule has 0 unspecified atom stereocenters. The normalized spacial score (nSPS) is 10.6. The summed E-state index contributed by atoms with van der Waals surface area (Å²) in [5.74, 6) is -6.71. The third-order valence-electron chi connectivity index (χ3n) is 2.19. The molecule has 1 heterocycles. The predicted octanol–water partition coefficient (Wildman–Crippen LogP) is 4.80. The molecule has 0 saturated carbocycles. The molecule has 0 aliphatic carbocycles. The van der Waals surface area contributed by atoms with Gasteiger partial charge in [-0.3, -0.25) is 0 Å². The molecular formula is C11H4BrClF4N2.